The minimum Gasteiger partial charge on any atom is -0.466 e. The third-order valence-electron chi connectivity index (χ3n) is 2.86. The largest absolute Gasteiger partial charge is 0.466 e. The summed E-state index contributed by atoms with van der Waals surface area (Å²) >= 11 is 5.89. The SMILES string of the molecule is CCOC(=O)C[C@H](C)NC(=O)c1cc2cc(Cl)ccc2o1. The monoisotopic (exact) mass is 309 g/mol. The molecule has 1 heterocycles. The maximum absolute atomic E-state index is 12.1. The van der Waals surface area contributed by atoms with E-state index in [1.165, 1.54) is 0 Å². The Labute approximate surface area is 127 Å². The molecule has 0 saturated heterocycles. The van der Waals surface area contributed by atoms with E-state index in [1.54, 1.807) is 38.1 Å². The van der Waals surface area contributed by atoms with Crippen molar-refractivity contribution in [2.45, 2.75) is 26.3 Å². The van der Waals surface area contributed by atoms with Crippen molar-refractivity contribution in [1.82, 2.24) is 5.32 Å². The van der Waals surface area contributed by atoms with Gasteiger partial charge in [0.1, 0.15) is 5.58 Å². The van der Waals surface area contributed by atoms with Crippen LogP contribution in [0.25, 0.3) is 11.0 Å². The Morgan fingerprint density at radius 2 is 2.14 bits per heavy atom. The van der Waals surface area contributed by atoms with Gasteiger partial charge in [0.25, 0.3) is 5.91 Å². The van der Waals surface area contributed by atoms with E-state index in [1.807, 2.05) is 0 Å². The molecule has 21 heavy (non-hydrogen) atoms. The van der Waals surface area contributed by atoms with E-state index in [-0.39, 0.29) is 30.1 Å². The van der Waals surface area contributed by atoms with Gasteiger partial charge in [-0.05, 0) is 38.1 Å². The van der Waals surface area contributed by atoms with Crippen molar-refractivity contribution in [1.29, 1.82) is 0 Å². The Morgan fingerprint density at radius 1 is 1.38 bits per heavy atom. The third-order valence-corrected chi connectivity index (χ3v) is 3.09. The van der Waals surface area contributed by atoms with Gasteiger partial charge < -0.3 is 14.5 Å². The number of hydrogen-bond donors (Lipinski definition) is 1. The summed E-state index contributed by atoms with van der Waals surface area (Å²) in [5, 5.41) is 4.02. The Balaban J connectivity index is 2.03. The molecule has 0 spiro atoms. The summed E-state index contributed by atoms with van der Waals surface area (Å²) in [4.78, 5) is 23.4. The number of nitrogens with one attached hydrogen (secondary N) is 1. The van der Waals surface area contributed by atoms with Crippen molar-refractivity contribution in [2.75, 3.05) is 6.61 Å². The number of ether oxygens (including phenoxy) is 1. The number of carbonyl (C=O) groups is 2. The normalized spacial score (nSPS) is 12.1. The standard InChI is InChI=1S/C15H16ClNO4/c1-3-20-14(18)6-9(2)17-15(19)13-8-10-7-11(16)4-5-12(10)21-13/h4-5,7-9H,3,6H2,1-2H3,(H,17,19)/t9-/m0/s1. The number of halogens is 1. The maximum atomic E-state index is 12.1. The fraction of sp³-hybridized carbons (Fsp3) is 0.333. The second kappa shape index (κ2) is 6.63. The third kappa shape index (κ3) is 3.98. The average molecular weight is 310 g/mol. The minimum atomic E-state index is -0.376. The van der Waals surface area contributed by atoms with E-state index in [0.29, 0.717) is 17.2 Å². The molecule has 1 atom stereocenters. The number of amides is 1. The molecule has 0 aliphatic rings. The summed E-state index contributed by atoms with van der Waals surface area (Å²) in [5.41, 5.74) is 0.586. The molecule has 0 fully saturated rings. The molecule has 0 saturated carbocycles. The van der Waals surface area contributed by atoms with Crippen molar-refractivity contribution >= 4 is 34.4 Å². The Hall–Kier alpha value is -2.01. The summed E-state index contributed by atoms with van der Waals surface area (Å²) < 4.78 is 10.3. The summed E-state index contributed by atoms with van der Waals surface area (Å²) in [5.74, 6) is -0.538. The van der Waals surface area contributed by atoms with Crippen LogP contribution in [0.15, 0.2) is 28.7 Å². The summed E-state index contributed by atoms with van der Waals surface area (Å²) in [6.45, 7) is 3.79. The first-order chi connectivity index (χ1) is 9.99. The van der Waals surface area contributed by atoms with Crippen LogP contribution in [0, 0.1) is 0 Å². The Bertz CT molecular complexity index is 665. The van der Waals surface area contributed by atoms with Crippen molar-refractivity contribution in [3.05, 3.63) is 35.0 Å². The topological polar surface area (TPSA) is 68.5 Å². The molecule has 0 aliphatic heterocycles. The molecule has 0 radical (unpaired) electrons. The first-order valence-electron chi connectivity index (χ1n) is 6.65. The van der Waals surface area contributed by atoms with Crippen molar-refractivity contribution in [3.8, 4) is 0 Å². The van der Waals surface area contributed by atoms with Crippen LogP contribution in [0.5, 0.6) is 0 Å². The molecule has 0 unspecified atom stereocenters. The molecular formula is C15H16ClNO4. The average Bonchev–Trinajstić information content (AvgIpc) is 2.81. The molecular weight excluding hydrogens is 294 g/mol. The predicted molar refractivity (Wildman–Crippen MR) is 79.4 cm³/mol. The lowest BCUT2D eigenvalue weighted by Gasteiger charge is -2.11. The predicted octanol–water partition coefficient (Wildman–Crippen LogP) is 3.16. The molecule has 5 nitrogen and oxygen atoms in total. The van der Waals surface area contributed by atoms with Crippen LogP contribution in [-0.2, 0) is 9.53 Å². The molecule has 0 aliphatic carbocycles. The molecule has 112 valence electrons. The van der Waals surface area contributed by atoms with Gasteiger partial charge in [-0.3, -0.25) is 9.59 Å². The molecule has 2 rings (SSSR count). The fourth-order valence-electron chi connectivity index (χ4n) is 1.94. The molecule has 6 heteroatoms. The van der Waals surface area contributed by atoms with Crippen molar-refractivity contribution in [2.24, 2.45) is 0 Å². The van der Waals surface area contributed by atoms with Gasteiger partial charge in [0.05, 0.1) is 13.0 Å². The van der Waals surface area contributed by atoms with Gasteiger partial charge in [-0.1, -0.05) is 11.6 Å². The zero-order valence-corrected chi connectivity index (χ0v) is 12.6. The quantitative estimate of drug-likeness (QED) is 0.861. The lowest BCUT2D eigenvalue weighted by molar-refractivity contribution is -0.143. The minimum absolute atomic E-state index is 0.117. The number of rotatable bonds is 5. The maximum Gasteiger partial charge on any atom is 0.307 e. The number of hydrogen-bond acceptors (Lipinski definition) is 4. The van der Waals surface area contributed by atoms with Crippen LogP contribution in [0.3, 0.4) is 0 Å². The van der Waals surface area contributed by atoms with Gasteiger partial charge in [-0.2, -0.15) is 0 Å². The number of esters is 1. The van der Waals surface area contributed by atoms with E-state index >= 15 is 0 Å². The Morgan fingerprint density at radius 3 is 2.86 bits per heavy atom. The molecule has 1 aromatic heterocycles. The lowest BCUT2D eigenvalue weighted by atomic mass is 10.2. The van der Waals surface area contributed by atoms with Crippen LogP contribution in [0.4, 0.5) is 0 Å². The zero-order chi connectivity index (χ0) is 15.4. The number of fused-ring (bicyclic) bond motifs is 1. The van der Waals surface area contributed by atoms with Crippen LogP contribution in [0.2, 0.25) is 5.02 Å². The van der Waals surface area contributed by atoms with Crippen LogP contribution < -0.4 is 5.32 Å². The van der Waals surface area contributed by atoms with Gasteiger partial charge in [0.15, 0.2) is 5.76 Å². The van der Waals surface area contributed by atoms with Gasteiger partial charge in [0.2, 0.25) is 0 Å². The number of carbonyl (C=O) groups excluding carboxylic acids is 2. The summed E-state index contributed by atoms with van der Waals surface area (Å²) in [6, 6.07) is 6.40. The highest BCUT2D eigenvalue weighted by Crippen LogP contribution is 2.23. The summed E-state index contributed by atoms with van der Waals surface area (Å²) in [6.07, 6.45) is 0.117. The number of furan rings is 1. The highest BCUT2D eigenvalue weighted by atomic mass is 35.5. The van der Waals surface area contributed by atoms with E-state index in [4.69, 9.17) is 20.8 Å². The lowest BCUT2D eigenvalue weighted by Crippen LogP contribution is -2.34. The second-order valence-electron chi connectivity index (χ2n) is 4.68. The van der Waals surface area contributed by atoms with Crippen molar-refractivity contribution in [3.63, 3.8) is 0 Å². The van der Waals surface area contributed by atoms with Crippen LogP contribution in [0.1, 0.15) is 30.8 Å². The first kappa shape index (κ1) is 15.4. The van der Waals surface area contributed by atoms with Crippen molar-refractivity contribution < 1.29 is 18.7 Å². The smallest absolute Gasteiger partial charge is 0.307 e. The van der Waals surface area contributed by atoms with Gasteiger partial charge >= 0.3 is 5.97 Å². The first-order valence-corrected chi connectivity index (χ1v) is 7.03. The zero-order valence-electron chi connectivity index (χ0n) is 11.8. The number of benzene rings is 1. The molecule has 1 amide bonds. The molecule has 2 aromatic rings. The Kier molecular flexibility index (Phi) is 4.85. The summed E-state index contributed by atoms with van der Waals surface area (Å²) in [7, 11) is 0. The van der Waals surface area contributed by atoms with E-state index in [9.17, 15) is 9.59 Å². The highest BCUT2D eigenvalue weighted by molar-refractivity contribution is 6.31. The van der Waals surface area contributed by atoms with Crippen LogP contribution >= 0.6 is 11.6 Å². The van der Waals surface area contributed by atoms with Gasteiger partial charge in [0, 0.05) is 16.5 Å². The fourth-order valence-corrected chi connectivity index (χ4v) is 2.12. The molecule has 0 bridgehead atoms. The van der Waals surface area contributed by atoms with Gasteiger partial charge in [-0.15, -0.1) is 0 Å². The van der Waals surface area contributed by atoms with E-state index < -0.39 is 0 Å². The second-order valence-corrected chi connectivity index (χ2v) is 5.11. The molecule has 1 N–H and O–H groups in total. The highest BCUT2D eigenvalue weighted by Gasteiger charge is 2.17. The van der Waals surface area contributed by atoms with E-state index in [2.05, 4.69) is 5.32 Å². The van der Waals surface area contributed by atoms with Gasteiger partial charge in [-0.25, -0.2) is 0 Å². The van der Waals surface area contributed by atoms with E-state index in [0.717, 1.165) is 5.39 Å². The molecule has 1 aromatic carbocycles. The van der Waals surface area contributed by atoms with Crippen LogP contribution in [-0.4, -0.2) is 24.5 Å².